The van der Waals surface area contributed by atoms with Crippen molar-refractivity contribution in [2.45, 2.75) is 20.8 Å². The van der Waals surface area contributed by atoms with Crippen LogP contribution < -0.4 is 0 Å². The van der Waals surface area contributed by atoms with E-state index in [0.717, 1.165) is 11.9 Å². The molecule has 0 heterocycles. The molecule has 0 spiro atoms. The highest BCUT2D eigenvalue weighted by molar-refractivity contribution is 5.68. The van der Waals surface area contributed by atoms with Crippen LogP contribution in [0.3, 0.4) is 0 Å². The maximum absolute atomic E-state index is 10.4. The van der Waals surface area contributed by atoms with Gasteiger partial charge in [0.05, 0.1) is 5.57 Å². The largest absolute Gasteiger partial charge is 0.498 e. The minimum absolute atomic E-state index is 0.128. The zero-order valence-electron chi connectivity index (χ0n) is 9.23. The number of allylic oxidation sites excluding steroid dienone is 6. The lowest BCUT2D eigenvalue weighted by molar-refractivity contribution is -0.104. The van der Waals surface area contributed by atoms with E-state index in [1.807, 2.05) is 26.0 Å². The Bertz CT molecular complexity index is 354. The second-order valence-corrected chi connectivity index (χ2v) is 3.15. The molecule has 0 N–H and O–H groups in total. The molecule has 80 valence electrons. The fraction of sp³-hybridized carbons (Fsp3) is 0.333. The molecular formula is C12H15NO2. The summed E-state index contributed by atoms with van der Waals surface area (Å²) in [7, 11) is 0. The Kier molecular flexibility index (Phi) is 6.65. The van der Waals surface area contributed by atoms with Crippen LogP contribution in [-0.2, 0) is 4.79 Å². The molecule has 0 aromatic rings. The molecule has 3 heteroatoms. The minimum Gasteiger partial charge on any atom is -0.498 e. The van der Waals surface area contributed by atoms with Crippen LogP contribution in [0.4, 0.5) is 0 Å². The summed E-state index contributed by atoms with van der Waals surface area (Å²) in [6.45, 7) is 5.59. The molecule has 0 aromatic heterocycles. The highest BCUT2D eigenvalue weighted by atomic mass is 16.4. The van der Waals surface area contributed by atoms with Crippen molar-refractivity contribution in [3.05, 3.63) is 45.7 Å². The highest BCUT2D eigenvalue weighted by Gasteiger charge is 2.03. The van der Waals surface area contributed by atoms with Gasteiger partial charge in [0.15, 0.2) is 0 Å². The van der Waals surface area contributed by atoms with Gasteiger partial charge in [-0.15, -0.1) is 0 Å². The molecule has 0 saturated carbocycles. The van der Waals surface area contributed by atoms with E-state index in [9.17, 15) is 10.0 Å². The van der Waals surface area contributed by atoms with Gasteiger partial charge in [0.1, 0.15) is 6.29 Å². The Morgan fingerprint density at radius 1 is 1.53 bits per heavy atom. The third-order valence-electron chi connectivity index (χ3n) is 1.87. The van der Waals surface area contributed by atoms with Gasteiger partial charge in [-0.3, -0.25) is 4.79 Å². The van der Waals surface area contributed by atoms with E-state index < -0.39 is 0 Å². The summed E-state index contributed by atoms with van der Waals surface area (Å²) in [6.07, 6.45) is 7.81. The lowest BCUT2D eigenvalue weighted by Crippen LogP contribution is -1.94. The van der Waals surface area contributed by atoms with Crippen LogP contribution in [0.5, 0.6) is 0 Å². The summed E-state index contributed by atoms with van der Waals surface area (Å²) < 4.78 is 0. The monoisotopic (exact) mass is 205 g/mol. The minimum atomic E-state index is 0.128. The summed E-state index contributed by atoms with van der Waals surface area (Å²) in [6, 6.07) is 2.28. The Morgan fingerprint density at radius 2 is 2.20 bits per heavy atom. The Labute approximate surface area is 90.2 Å². The average Bonchev–Trinajstić information content (AvgIpc) is 2.18. The number of hydrogen-bond donors (Lipinski definition) is 0. The van der Waals surface area contributed by atoms with Gasteiger partial charge in [-0.2, -0.15) is 0 Å². The second kappa shape index (κ2) is 7.57. The van der Waals surface area contributed by atoms with Gasteiger partial charge in [-0.1, -0.05) is 19.1 Å². The molecule has 1 atom stereocenters. The quantitative estimate of drug-likeness (QED) is 0.177. The fourth-order valence-electron chi connectivity index (χ4n) is 1.16. The topological polar surface area (TPSA) is 44.5 Å². The molecule has 0 fully saturated rings. The van der Waals surface area contributed by atoms with Crippen LogP contribution in [0.15, 0.2) is 35.5 Å². The molecule has 0 aromatic carbocycles. The van der Waals surface area contributed by atoms with Crippen molar-refractivity contribution < 1.29 is 4.79 Å². The highest BCUT2D eigenvalue weighted by Crippen LogP contribution is 2.15. The van der Waals surface area contributed by atoms with Crippen molar-refractivity contribution in [2.24, 2.45) is 5.92 Å². The van der Waals surface area contributed by atoms with Crippen LogP contribution in [-0.4, -0.2) is 6.29 Å². The third-order valence-corrected chi connectivity index (χ3v) is 1.87. The first-order valence-electron chi connectivity index (χ1n) is 4.70. The number of carbonyl (C=O) groups excluding carboxylic acids is 1. The van der Waals surface area contributed by atoms with Gasteiger partial charge < -0.3 is 5.21 Å². The van der Waals surface area contributed by atoms with Gasteiger partial charge in [-0.05, 0) is 37.5 Å². The first kappa shape index (κ1) is 13.2. The average molecular weight is 205 g/mol. The smallest absolute Gasteiger partial charge is 0.331 e. The number of hydrogen-bond acceptors (Lipinski definition) is 2. The summed E-state index contributed by atoms with van der Waals surface area (Å²) in [5.41, 5.74) is 1.44. The second-order valence-electron chi connectivity index (χ2n) is 3.15. The standard InChI is InChI=1S/C12H15NO2/c1-4-5-11(3)12(6-7-14)8-10(2)9-13-15/h4-8,11H,1-3H3/b5-4+,10-8-,12-6+. The molecule has 3 nitrogen and oxygen atoms in total. The number of aldehydes is 1. The van der Waals surface area contributed by atoms with Crippen molar-refractivity contribution in [3.63, 3.8) is 0 Å². The Balaban J connectivity index is 4.97. The molecule has 0 rings (SSSR count). The van der Waals surface area contributed by atoms with Crippen LogP contribution in [0.1, 0.15) is 20.8 Å². The predicted molar refractivity (Wildman–Crippen MR) is 62.5 cm³/mol. The van der Waals surface area contributed by atoms with Crippen LogP contribution in [0.25, 0.3) is 5.01 Å². The third kappa shape index (κ3) is 5.48. The van der Waals surface area contributed by atoms with E-state index >= 15 is 0 Å². The number of carbonyl (C=O) groups is 1. The van der Waals surface area contributed by atoms with Crippen LogP contribution >= 0.6 is 0 Å². The predicted octanol–water partition coefficient (Wildman–Crippen LogP) is 3.10. The summed E-state index contributed by atoms with van der Waals surface area (Å²) in [5, 5.41) is 12.5. The van der Waals surface area contributed by atoms with Gasteiger partial charge >= 0.3 is 6.07 Å². The normalized spacial score (nSPS) is 14.6. The zero-order valence-corrected chi connectivity index (χ0v) is 9.23. The fourth-order valence-corrected chi connectivity index (χ4v) is 1.16. The molecular weight excluding hydrogens is 190 g/mol. The van der Waals surface area contributed by atoms with E-state index in [0.29, 0.717) is 5.57 Å². The molecule has 0 bridgehead atoms. The first-order valence-corrected chi connectivity index (χ1v) is 4.70. The van der Waals surface area contributed by atoms with Crippen molar-refractivity contribution in [3.8, 4) is 6.07 Å². The van der Waals surface area contributed by atoms with E-state index in [1.54, 1.807) is 13.0 Å². The van der Waals surface area contributed by atoms with E-state index in [-0.39, 0.29) is 5.92 Å². The summed E-state index contributed by atoms with van der Waals surface area (Å²) in [5.74, 6) is 0.128. The number of rotatable bonds is 4. The SMILES string of the molecule is C/C=C/C(C)C(/C=C(/C)C#[N+][O-])=C/C=O. The van der Waals surface area contributed by atoms with E-state index in [2.05, 4.69) is 11.1 Å². The van der Waals surface area contributed by atoms with Gasteiger partial charge in [0, 0.05) is 5.01 Å². The zero-order chi connectivity index (χ0) is 11.7. The summed E-state index contributed by atoms with van der Waals surface area (Å²) >= 11 is 0. The van der Waals surface area contributed by atoms with Crippen molar-refractivity contribution in [2.75, 3.05) is 0 Å². The Morgan fingerprint density at radius 3 is 2.67 bits per heavy atom. The molecule has 0 aliphatic rings. The van der Waals surface area contributed by atoms with Gasteiger partial charge in [-0.25, -0.2) is 0 Å². The lowest BCUT2D eigenvalue weighted by Gasteiger charge is -2.05. The van der Waals surface area contributed by atoms with Gasteiger partial charge in [0.25, 0.3) is 0 Å². The van der Waals surface area contributed by atoms with Gasteiger partial charge in [0.2, 0.25) is 0 Å². The van der Waals surface area contributed by atoms with E-state index in [1.165, 1.54) is 6.08 Å². The maximum atomic E-state index is 10.4. The van der Waals surface area contributed by atoms with Crippen LogP contribution in [0.2, 0.25) is 0 Å². The maximum Gasteiger partial charge on any atom is 0.331 e. The molecule has 1 unspecified atom stereocenters. The first-order chi connectivity index (χ1) is 7.15. The molecule has 0 radical (unpaired) electrons. The van der Waals surface area contributed by atoms with Crippen molar-refractivity contribution >= 4 is 6.29 Å². The molecule has 0 amide bonds. The number of nitrogens with zero attached hydrogens (tertiary/aromatic N) is 1. The lowest BCUT2D eigenvalue weighted by atomic mass is 9.98. The van der Waals surface area contributed by atoms with E-state index in [4.69, 9.17) is 0 Å². The molecule has 0 aliphatic carbocycles. The summed E-state index contributed by atoms with van der Waals surface area (Å²) in [4.78, 5) is 10.4. The molecule has 0 aliphatic heterocycles. The van der Waals surface area contributed by atoms with Crippen molar-refractivity contribution in [1.82, 2.24) is 0 Å². The molecule has 15 heavy (non-hydrogen) atoms. The Hall–Kier alpha value is -1.82. The molecule has 0 saturated heterocycles. The van der Waals surface area contributed by atoms with Crippen molar-refractivity contribution in [1.29, 1.82) is 0 Å². The van der Waals surface area contributed by atoms with Crippen LogP contribution in [0, 0.1) is 17.2 Å².